The molecule has 0 N–H and O–H groups in total. The average Bonchev–Trinajstić information content (AvgIpc) is 2.63. The van der Waals surface area contributed by atoms with Gasteiger partial charge in [0.1, 0.15) is 0 Å². The van der Waals surface area contributed by atoms with Crippen LogP contribution >= 0.6 is 27.3 Å². The lowest BCUT2D eigenvalue weighted by Gasteiger charge is -1.84. The molecule has 14 heavy (non-hydrogen) atoms. The number of hydrogen-bond donors (Lipinski definition) is 0. The van der Waals surface area contributed by atoms with E-state index in [4.69, 9.17) is 0 Å². The van der Waals surface area contributed by atoms with Crippen LogP contribution in [0.4, 0.5) is 0 Å². The van der Waals surface area contributed by atoms with Gasteiger partial charge in [0.05, 0.1) is 8.66 Å². The first-order chi connectivity index (χ1) is 6.84. The Morgan fingerprint density at radius 2 is 1.86 bits per heavy atom. The number of halogens is 1. The summed E-state index contributed by atoms with van der Waals surface area (Å²) >= 11 is 5.03. The number of pyridine rings is 1. The van der Waals surface area contributed by atoms with Gasteiger partial charge in [-0.3, -0.25) is 4.98 Å². The van der Waals surface area contributed by atoms with E-state index in [1.54, 1.807) is 23.7 Å². The van der Waals surface area contributed by atoms with Gasteiger partial charge in [-0.15, -0.1) is 11.3 Å². The highest BCUT2D eigenvalue weighted by atomic mass is 79.9. The molecule has 0 aromatic carbocycles. The standard InChI is InChI=1S/C11H6BrNS/c12-11-4-3-10(14-11)2-1-9-5-7-13-8-6-9/h3-8H. The number of thiophene rings is 1. The third-order valence-electron chi connectivity index (χ3n) is 1.58. The number of rotatable bonds is 0. The normalized spacial score (nSPS) is 9.21. The molecule has 0 saturated carbocycles. The quantitative estimate of drug-likeness (QED) is 0.665. The predicted octanol–water partition coefficient (Wildman–Crippen LogP) is 3.31. The van der Waals surface area contributed by atoms with Gasteiger partial charge in [-0.2, -0.15) is 0 Å². The smallest absolute Gasteiger partial charge is 0.0784 e. The van der Waals surface area contributed by atoms with Crippen molar-refractivity contribution in [3.05, 3.63) is 50.9 Å². The lowest BCUT2D eigenvalue weighted by molar-refractivity contribution is 1.32. The Morgan fingerprint density at radius 3 is 2.50 bits per heavy atom. The van der Waals surface area contributed by atoms with E-state index in [0.29, 0.717) is 0 Å². The highest BCUT2D eigenvalue weighted by Gasteiger charge is 1.91. The highest BCUT2D eigenvalue weighted by molar-refractivity contribution is 9.11. The van der Waals surface area contributed by atoms with Crippen molar-refractivity contribution in [2.45, 2.75) is 0 Å². The molecule has 2 aromatic heterocycles. The van der Waals surface area contributed by atoms with E-state index >= 15 is 0 Å². The first-order valence-electron chi connectivity index (χ1n) is 4.02. The van der Waals surface area contributed by atoms with E-state index < -0.39 is 0 Å². The van der Waals surface area contributed by atoms with Crippen molar-refractivity contribution in [2.75, 3.05) is 0 Å². The van der Waals surface area contributed by atoms with Crippen molar-refractivity contribution >= 4 is 27.3 Å². The summed E-state index contributed by atoms with van der Waals surface area (Å²) in [5, 5.41) is 0. The zero-order chi connectivity index (χ0) is 9.80. The van der Waals surface area contributed by atoms with Crippen LogP contribution < -0.4 is 0 Å². The van der Waals surface area contributed by atoms with E-state index in [2.05, 4.69) is 32.8 Å². The third kappa shape index (κ3) is 2.44. The molecule has 0 unspecified atom stereocenters. The average molecular weight is 264 g/mol. The molecular formula is C11H6BrNS. The van der Waals surface area contributed by atoms with Crippen LogP contribution in [0, 0.1) is 11.8 Å². The van der Waals surface area contributed by atoms with E-state index in [1.807, 2.05) is 24.3 Å². The zero-order valence-electron chi connectivity index (χ0n) is 7.20. The van der Waals surface area contributed by atoms with E-state index in [0.717, 1.165) is 14.2 Å². The predicted molar refractivity (Wildman–Crippen MR) is 62.2 cm³/mol. The molecule has 2 aromatic rings. The van der Waals surface area contributed by atoms with Crippen molar-refractivity contribution in [3.8, 4) is 11.8 Å². The topological polar surface area (TPSA) is 12.9 Å². The molecule has 1 nitrogen and oxygen atoms in total. The van der Waals surface area contributed by atoms with Crippen molar-refractivity contribution in [1.29, 1.82) is 0 Å². The Labute approximate surface area is 94.9 Å². The molecule has 0 aliphatic heterocycles. The Balaban J connectivity index is 2.23. The third-order valence-corrected chi connectivity index (χ3v) is 3.12. The first kappa shape index (κ1) is 9.45. The van der Waals surface area contributed by atoms with Crippen molar-refractivity contribution in [1.82, 2.24) is 4.98 Å². The fourth-order valence-electron chi connectivity index (χ4n) is 0.950. The minimum atomic E-state index is 0.990. The van der Waals surface area contributed by atoms with Gasteiger partial charge in [-0.1, -0.05) is 11.8 Å². The van der Waals surface area contributed by atoms with Gasteiger partial charge in [0.15, 0.2) is 0 Å². The number of aromatic nitrogens is 1. The van der Waals surface area contributed by atoms with Gasteiger partial charge in [0.25, 0.3) is 0 Å². The lowest BCUT2D eigenvalue weighted by atomic mass is 10.3. The summed E-state index contributed by atoms with van der Waals surface area (Å²) in [6, 6.07) is 7.80. The summed E-state index contributed by atoms with van der Waals surface area (Å²) in [7, 11) is 0. The lowest BCUT2D eigenvalue weighted by Crippen LogP contribution is -1.73. The minimum absolute atomic E-state index is 0.990. The van der Waals surface area contributed by atoms with Crippen LogP contribution in [0.15, 0.2) is 40.4 Å². The molecule has 0 amide bonds. The maximum atomic E-state index is 3.93. The first-order valence-corrected chi connectivity index (χ1v) is 5.63. The summed E-state index contributed by atoms with van der Waals surface area (Å²) in [6.07, 6.45) is 3.49. The van der Waals surface area contributed by atoms with Crippen LogP contribution in [-0.2, 0) is 0 Å². The molecule has 0 bridgehead atoms. The summed E-state index contributed by atoms with van der Waals surface area (Å²) in [5.41, 5.74) is 0.990. The molecule has 0 saturated heterocycles. The molecular weight excluding hydrogens is 258 g/mol. The molecule has 2 rings (SSSR count). The Bertz CT molecular complexity index is 479. The van der Waals surface area contributed by atoms with Crippen molar-refractivity contribution < 1.29 is 0 Å². The van der Waals surface area contributed by atoms with Crippen molar-refractivity contribution in [2.24, 2.45) is 0 Å². The Hall–Kier alpha value is -1.11. The van der Waals surface area contributed by atoms with Crippen LogP contribution in [0.25, 0.3) is 0 Å². The van der Waals surface area contributed by atoms with Gasteiger partial charge in [-0.25, -0.2) is 0 Å². The van der Waals surface area contributed by atoms with Gasteiger partial charge in [-0.05, 0) is 40.2 Å². The van der Waals surface area contributed by atoms with Crippen LogP contribution in [0.2, 0.25) is 0 Å². The molecule has 2 heterocycles. The SMILES string of the molecule is Brc1ccc(C#Cc2ccncc2)s1. The molecule has 0 spiro atoms. The zero-order valence-corrected chi connectivity index (χ0v) is 9.60. The molecule has 0 aliphatic rings. The van der Waals surface area contributed by atoms with Gasteiger partial charge >= 0.3 is 0 Å². The van der Waals surface area contributed by atoms with Gasteiger partial charge in [0.2, 0.25) is 0 Å². The summed E-state index contributed by atoms with van der Waals surface area (Å²) in [5.74, 6) is 6.17. The molecule has 0 aliphatic carbocycles. The van der Waals surface area contributed by atoms with Crippen LogP contribution in [0.1, 0.15) is 10.4 Å². The second-order valence-corrected chi connectivity index (χ2v) is 5.05. The largest absolute Gasteiger partial charge is 0.265 e. The number of hydrogen-bond acceptors (Lipinski definition) is 2. The highest BCUT2D eigenvalue weighted by Crippen LogP contribution is 2.20. The fraction of sp³-hybridized carbons (Fsp3) is 0. The fourth-order valence-corrected chi connectivity index (χ4v) is 2.19. The minimum Gasteiger partial charge on any atom is -0.265 e. The van der Waals surface area contributed by atoms with Gasteiger partial charge < -0.3 is 0 Å². The molecule has 0 radical (unpaired) electrons. The maximum absolute atomic E-state index is 3.93. The molecule has 0 fully saturated rings. The molecule has 68 valence electrons. The van der Waals surface area contributed by atoms with E-state index in [9.17, 15) is 0 Å². The second kappa shape index (κ2) is 4.41. The summed E-state index contributed by atoms with van der Waals surface area (Å²) in [6.45, 7) is 0. The molecule has 3 heteroatoms. The maximum Gasteiger partial charge on any atom is 0.0784 e. The van der Waals surface area contributed by atoms with Crippen LogP contribution in [-0.4, -0.2) is 4.98 Å². The Morgan fingerprint density at radius 1 is 1.07 bits per heavy atom. The number of nitrogens with zero attached hydrogens (tertiary/aromatic N) is 1. The summed E-state index contributed by atoms with van der Waals surface area (Å²) < 4.78 is 1.11. The van der Waals surface area contributed by atoms with E-state index in [-0.39, 0.29) is 0 Å². The van der Waals surface area contributed by atoms with Crippen LogP contribution in [0.5, 0.6) is 0 Å². The van der Waals surface area contributed by atoms with Gasteiger partial charge in [0, 0.05) is 18.0 Å². The molecule has 0 atom stereocenters. The Kier molecular flexibility index (Phi) is 2.97. The van der Waals surface area contributed by atoms with Crippen LogP contribution in [0.3, 0.4) is 0 Å². The monoisotopic (exact) mass is 263 g/mol. The van der Waals surface area contributed by atoms with Crippen molar-refractivity contribution in [3.63, 3.8) is 0 Å². The second-order valence-electron chi connectivity index (χ2n) is 2.59. The summed E-state index contributed by atoms with van der Waals surface area (Å²) in [4.78, 5) is 5.00. The van der Waals surface area contributed by atoms with E-state index in [1.165, 1.54) is 0 Å².